The Bertz CT molecular complexity index is 425. The Hall–Kier alpha value is -1.33. The van der Waals surface area contributed by atoms with Crippen molar-refractivity contribution in [2.24, 2.45) is 5.73 Å². The molecule has 0 aliphatic rings. The second-order valence-electron chi connectivity index (χ2n) is 3.52. The highest BCUT2D eigenvalue weighted by Crippen LogP contribution is 2.35. The second-order valence-corrected chi connectivity index (χ2v) is 3.90. The Morgan fingerprint density at radius 3 is 2.82 bits per heavy atom. The van der Waals surface area contributed by atoms with Crippen LogP contribution in [0.2, 0.25) is 5.02 Å². The normalized spacial score (nSPS) is 12.2. The van der Waals surface area contributed by atoms with Gasteiger partial charge in [0.15, 0.2) is 0 Å². The molecular formula is C11H13ClFNO3. The van der Waals surface area contributed by atoms with Gasteiger partial charge in [0.25, 0.3) is 0 Å². The fraction of sp³-hybridized carbons (Fsp3) is 0.364. The SMILES string of the molecule is COc1c(C(N)CCC(=O)O)ccc(F)c1Cl. The summed E-state index contributed by atoms with van der Waals surface area (Å²) >= 11 is 5.73. The second kappa shape index (κ2) is 5.84. The third kappa shape index (κ3) is 3.31. The molecule has 0 radical (unpaired) electrons. The van der Waals surface area contributed by atoms with Crippen LogP contribution in [0.15, 0.2) is 12.1 Å². The van der Waals surface area contributed by atoms with Gasteiger partial charge in [-0.05, 0) is 12.5 Å². The molecule has 0 aliphatic heterocycles. The molecule has 0 fully saturated rings. The minimum atomic E-state index is -0.937. The number of aliphatic carboxylic acids is 1. The first kappa shape index (κ1) is 13.7. The van der Waals surface area contributed by atoms with Gasteiger partial charge in [0.05, 0.1) is 7.11 Å². The van der Waals surface area contributed by atoms with E-state index in [1.54, 1.807) is 0 Å². The minimum Gasteiger partial charge on any atom is -0.495 e. The monoisotopic (exact) mass is 261 g/mol. The molecule has 1 aromatic carbocycles. The van der Waals surface area contributed by atoms with Crippen molar-refractivity contribution in [1.82, 2.24) is 0 Å². The number of methoxy groups -OCH3 is 1. The summed E-state index contributed by atoms with van der Waals surface area (Å²) in [4.78, 5) is 10.4. The maximum absolute atomic E-state index is 13.2. The molecule has 0 bridgehead atoms. The molecule has 1 atom stereocenters. The summed E-state index contributed by atoms with van der Waals surface area (Å²) in [5.74, 6) is -1.38. The Morgan fingerprint density at radius 2 is 2.29 bits per heavy atom. The molecule has 0 saturated heterocycles. The number of hydrogen-bond donors (Lipinski definition) is 2. The van der Waals surface area contributed by atoms with E-state index in [1.807, 2.05) is 0 Å². The van der Waals surface area contributed by atoms with E-state index in [2.05, 4.69) is 0 Å². The fourth-order valence-electron chi connectivity index (χ4n) is 1.48. The molecule has 1 aromatic rings. The Balaban J connectivity index is 2.97. The highest BCUT2D eigenvalue weighted by atomic mass is 35.5. The summed E-state index contributed by atoms with van der Waals surface area (Å²) in [6.45, 7) is 0. The van der Waals surface area contributed by atoms with Crippen molar-refractivity contribution in [1.29, 1.82) is 0 Å². The van der Waals surface area contributed by atoms with Crippen LogP contribution in [0.3, 0.4) is 0 Å². The molecule has 1 rings (SSSR count). The van der Waals surface area contributed by atoms with Crippen LogP contribution in [0.5, 0.6) is 5.75 Å². The van der Waals surface area contributed by atoms with Crippen LogP contribution in [0.4, 0.5) is 4.39 Å². The average molecular weight is 262 g/mol. The lowest BCUT2D eigenvalue weighted by atomic mass is 10.0. The predicted molar refractivity (Wildman–Crippen MR) is 61.8 cm³/mol. The van der Waals surface area contributed by atoms with Gasteiger partial charge in [-0.3, -0.25) is 4.79 Å². The third-order valence-electron chi connectivity index (χ3n) is 2.35. The van der Waals surface area contributed by atoms with Crippen molar-refractivity contribution in [3.05, 3.63) is 28.5 Å². The minimum absolute atomic E-state index is 0.0701. The largest absolute Gasteiger partial charge is 0.495 e. The Kier molecular flexibility index (Phi) is 4.72. The third-order valence-corrected chi connectivity index (χ3v) is 2.71. The number of nitrogens with two attached hydrogens (primary N) is 1. The summed E-state index contributed by atoms with van der Waals surface area (Å²) in [6.07, 6.45) is 0.160. The highest BCUT2D eigenvalue weighted by molar-refractivity contribution is 6.32. The number of carboxylic acids is 1. The molecule has 6 heteroatoms. The molecule has 0 saturated carbocycles. The number of ether oxygens (including phenoxy) is 1. The maximum atomic E-state index is 13.2. The molecule has 94 valence electrons. The lowest BCUT2D eigenvalue weighted by molar-refractivity contribution is -0.137. The summed E-state index contributed by atoms with van der Waals surface area (Å²) < 4.78 is 18.2. The highest BCUT2D eigenvalue weighted by Gasteiger charge is 2.18. The lowest BCUT2D eigenvalue weighted by Gasteiger charge is -2.16. The first-order valence-corrected chi connectivity index (χ1v) is 5.34. The van der Waals surface area contributed by atoms with Crippen LogP contribution in [-0.2, 0) is 4.79 Å². The molecule has 0 aromatic heterocycles. The van der Waals surface area contributed by atoms with Crippen LogP contribution in [0.25, 0.3) is 0 Å². The van der Waals surface area contributed by atoms with E-state index in [-0.39, 0.29) is 23.6 Å². The van der Waals surface area contributed by atoms with Gasteiger partial charge >= 0.3 is 5.97 Å². The topological polar surface area (TPSA) is 72.5 Å². The number of halogens is 2. The van der Waals surface area contributed by atoms with E-state index in [4.69, 9.17) is 27.2 Å². The average Bonchev–Trinajstić information content (AvgIpc) is 2.29. The molecule has 0 aliphatic carbocycles. The first-order valence-electron chi connectivity index (χ1n) is 4.96. The summed E-state index contributed by atoms with van der Waals surface area (Å²) in [5.41, 5.74) is 6.31. The molecule has 4 nitrogen and oxygen atoms in total. The number of carboxylic acid groups (broad SMARTS) is 1. The zero-order valence-electron chi connectivity index (χ0n) is 9.24. The van der Waals surface area contributed by atoms with Crippen molar-refractivity contribution >= 4 is 17.6 Å². The molecule has 0 heterocycles. The standard InChI is InChI=1S/C11H13ClFNO3/c1-17-11-6(2-3-7(13)10(11)12)8(14)4-5-9(15)16/h2-3,8H,4-5,14H2,1H3,(H,15,16). The van der Waals surface area contributed by atoms with Crippen molar-refractivity contribution < 1.29 is 19.0 Å². The lowest BCUT2D eigenvalue weighted by Crippen LogP contribution is -2.13. The van der Waals surface area contributed by atoms with Crippen molar-refractivity contribution in [3.8, 4) is 5.75 Å². The van der Waals surface area contributed by atoms with Crippen molar-refractivity contribution in [3.63, 3.8) is 0 Å². The first-order chi connectivity index (χ1) is 7.97. The number of benzene rings is 1. The molecule has 0 spiro atoms. The summed E-state index contributed by atoms with van der Waals surface area (Å²) in [7, 11) is 1.36. The van der Waals surface area contributed by atoms with Crippen LogP contribution in [0, 0.1) is 5.82 Å². The van der Waals surface area contributed by atoms with Gasteiger partial charge in [-0.15, -0.1) is 0 Å². The zero-order chi connectivity index (χ0) is 13.0. The van der Waals surface area contributed by atoms with E-state index in [0.29, 0.717) is 5.56 Å². The molecule has 17 heavy (non-hydrogen) atoms. The van der Waals surface area contributed by atoms with Crippen molar-refractivity contribution in [2.75, 3.05) is 7.11 Å². The fourth-order valence-corrected chi connectivity index (χ4v) is 1.73. The summed E-state index contributed by atoms with van der Waals surface area (Å²) in [6, 6.07) is 2.08. The maximum Gasteiger partial charge on any atom is 0.303 e. The van der Waals surface area contributed by atoms with Crippen LogP contribution < -0.4 is 10.5 Å². The van der Waals surface area contributed by atoms with Crippen LogP contribution >= 0.6 is 11.6 Å². The number of carbonyl (C=O) groups is 1. The van der Waals surface area contributed by atoms with Crippen LogP contribution in [0.1, 0.15) is 24.4 Å². The van der Waals surface area contributed by atoms with E-state index in [0.717, 1.165) is 0 Å². The molecule has 0 amide bonds. The van der Waals surface area contributed by atoms with Gasteiger partial charge in [0.1, 0.15) is 16.6 Å². The van der Waals surface area contributed by atoms with Gasteiger partial charge in [0.2, 0.25) is 0 Å². The Morgan fingerprint density at radius 1 is 1.65 bits per heavy atom. The van der Waals surface area contributed by atoms with E-state index in [9.17, 15) is 9.18 Å². The van der Waals surface area contributed by atoms with Gasteiger partial charge in [0, 0.05) is 18.0 Å². The number of rotatable bonds is 5. The van der Waals surface area contributed by atoms with Gasteiger partial charge < -0.3 is 15.6 Å². The van der Waals surface area contributed by atoms with E-state index < -0.39 is 17.8 Å². The van der Waals surface area contributed by atoms with Crippen LogP contribution in [-0.4, -0.2) is 18.2 Å². The predicted octanol–water partition coefficient (Wildman–Crippen LogP) is 2.35. The van der Waals surface area contributed by atoms with E-state index >= 15 is 0 Å². The van der Waals surface area contributed by atoms with Crippen molar-refractivity contribution in [2.45, 2.75) is 18.9 Å². The smallest absolute Gasteiger partial charge is 0.303 e. The molecule has 3 N–H and O–H groups in total. The summed E-state index contributed by atoms with van der Waals surface area (Å²) in [5, 5.41) is 8.42. The quantitative estimate of drug-likeness (QED) is 0.853. The molecule has 1 unspecified atom stereocenters. The zero-order valence-corrected chi connectivity index (χ0v) is 10.00. The van der Waals surface area contributed by atoms with Gasteiger partial charge in [-0.2, -0.15) is 0 Å². The van der Waals surface area contributed by atoms with Gasteiger partial charge in [-0.25, -0.2) is 4.39 Å². The number of hydrogen-bond acceptors (Lipinski definition) is 3. The van der Waals surface area contributed by atoms with Gasteiger partial charge in [-0.1, -0.05) is 17.7 Å². The van der Waals surface area contributed by atoms with E-state index in [1.165, 1.54) is 19.2 Å². The molecular weight excluding hydrogens is 249 g/mol. The Labute approximate surface area is 103 Å².